The Bertz CT molecular complexity index is 455. The Balaban J connectivity index is 2.74. The topological polar surface area (TPSA) is 21.7 Å². The maximum Gasteiger partial charge on any atom is 0.0702 e. The van der Waals surface area contributed by atoms with Crippen LogP contribution in [0.15, 0.2) is 30.3 Å². The average molecular weight is 420 g/mol. The Kier molecular flexibility index (Phi) is 17.0. The second-order valence-corrected chi connectivity index (χ2v) is 8.53. The van der Waals surface area contributed by atoms with E-state index in [1.807, 2.05) is 0 Å². The summed E-state index contributed by atoms with van der Waals surface area (Å²) in [5, 5.41) is 0. The lowest BCUT2D eigenvalue weighted by Crippen LogP contribution is -2.39. The van der Waals surface area contributed by atoms with E-state index in [-0.39, 0.29) is 0 Å². The molecule has 0 aromatic heterocycles. The van der Waals surface area contributed by atoms with Crippen molar-refractivity contribution in [3.8, 4) is 0 Å². The summed E-state index contributed by atoms with van der Waals surface area (Å²) >= 11 is 0. The lowest BCUT2D eigenvalue weighted by Gasteiger charge is -2.31. The first kappa shape index (κ1) is 27.1. The van der Waals surface area contributed by atoms with Crippen molar-refractivity contribution in [3.05, 3.63) is 35.9 Å². The van der Waals surface area contributed by atoms with Crippen molar-refractivity contribution in [1.82, 2.24) is 4.90 Å². The van der Waals surface area contributed by atoms with Gasteiger partial charge in [-0.3, -0.25) is 4.90 Å². The fourth-order valence-electron chi connectivity index (χ4n) is 4.14. The van der Waals surface area contributed by atoms with Gasteiger partial charge in [0.05, 0.1) is 12.2 Å². The van der Waals surface area contributed by atoms with Crippen molar-refractivity contribution in [1.29, 1.82) is 0 Å². The number of nitrogens with zero attached hydrogens (tertiary/aromatic N) is 1. The van der Waals surface area contributed by atoms with Crippen LogP contribution in [-0.2, 0) is 16.0 Å². The van der Waals surface area contributed by atoms with E-state index in [0.29, 0.717) is 12.2 Å². The van der Waals surface area contributed by atoms with E-state index in [1.165, 1.54) is 56.9 Å². The van der Waals surface area contributed by atoms with E-state index in [0.717, 1.165) is 45.7 Å². The van der Waals surface area contributed by atoms with Gasteiger partial charge in [0.25, 0.3) is 0 Å². The van der Waals surface area contributed by atoms with Crippen LogP contribution in [0.25, 0.3) is 0 Å². The SMILES string of the molecule is CCCCCCC(CN(Cc1ccccc1)CC(CCCCCC)OCC)OCC. The van der Waals surface area contributed by atoms with Crippen LogP contribution >= 0.6 is 0 Å². The molecule has 0 N–H and O–H groups in total. The molecule has 0 saturated carbocycles. The molecule has 1 aromatic rings. The normalized spacial score (nSPS) is 13.6. The van der Waals surface area contributed by atoms with Gasteiger partial charge in [0.2, 0.25) is 0 Å². The summed E-state index contributed by atoms with van der Waals surface area (Å²) in [6, 6.07) is 10.9. The Morgan fingerprint density at radius 3 is 1.60 bits per heavy atom. The van der Waals surface area contributed by atoms with Gasteiger partial charge < -0.3 is 9.47 Å². The van der Waals surface area contributed by atoms with Gasteiger partial charge in [-0.2, -0.15) is 0 Å². The van der Waals surface area contributed by atoms with Crippen LogP contribution in [0, 0.1) is 0 Å². The molecule has 0 fully saturated rings. The van der Waals surface area contributed by atoms with Crippen LogP contribution in [0.4, 0.5) is 0 Å². The summed E-state index contributed by atoms with van der Waals surface area (Å²) in [5.74, 6) is 0. The summed E-state index contributed by atoms with van der Waals surface area (Å²) in [4.78, 5) is 2.58. The van der Waals surface area contributed by atoms with E-state index in [4.69, 9.17) is 9.47 Å². The molecular formula is C27H49NO2. The van der Waals surface area contributed by atoms with Crippen molar-refractivity contribution in [3.63, 3.8) is 0 Å². The molecule has 1 aromatic carbocycles. The van der Waals surface area contributed by atoms with Crippen LogP contribution < -0.4 is 0 Å². The third-order valence-corrected chi connectivity index (χ3v) is 5.74. The fourth-order valence-corrected chi connectivity index (χ4v) is 4.14. The third kappa shape index (κ3) is 13.4. The van der Waals surface area contributed by atoms with Gasteiger partial charge in [-0.25, -0.2) is 0 Å². The third-order valence-electron chi connectivity index (χ3n) is 5.74. The predicted octanol–water partition coefficient (Wildman–Crippen LogP) is 7.24. The highest BCUT2D eigenvalue weighted by atomic mass is 16.5. The molecule has 0 spiro atoms. The molecule has 3 nitrogen and oxygen atoms in total. The van der Waals surface area contributed by atoms with Crippen LogP contribution in [0.3, 0.4) is 0 Å². The average Bonchev–Trinajstić information content (AvgIpc) is 2.75. The zero-order chi connectivity index (χ0) is 21.9. The summed E-state index contributed by atoms with van der Waals surface area (Å²) in [6.45, 7) is 13.3. The highest BCUT2D eigenvalue weighted by Gasteiger charge is 2.19. The monoisotopic (exact) mass is 419 g/mol. The van der Waals surface area contributed by atoms with Crippen molar-refractivity contribution < 1.29 is 9.47 Å². The molecule has 0 aliphatic heterocycles. The standard InChI is InChI=1S/C27H49NO2/c1-5-9-11-16-20-26(29-7-3)23-28(22-25-18-14-13-15-19-25)24-27(30-8-4)21-17-12-10-6-2/h13-15,18-19,26-27H,5-12,16-17,20-24H2,1-4H3. The van der Waals surface area contributed by atoms with Gasteiger partial charge in [0, 0.05) is 32.8 Å². The van der Waals surface area contributed by atoms with Crippen molar-refractivity contribution >= 4 is 0 Å². The molecule has 0 bridgehead atoms. The number of hydrogen-bond acceptors (Lipinski definition) is 3. The number of ether oxygens (including phenoxy) is 2. The first-order valence-corrected chi connectivity index (χ1v) is 12.7. The maximum absolute atomic E-state index is 6.16. The number of rotatable bonds is 20. The van der Waals surface area contributed by atoms with E-state index in [1.54, 1.807) is 0 Å². The van der Waals surface area contributed by atoms with Gasteiger partial charge in [0.15, 0.2) is 0 Å². The second-order valence-electron chi connectivity index (χ2n) is 8.53. The van der Waals surface area contributed by atoms with Crippen LogP contribution in [0.2, 0.25) is 0 Å². The molecule has 1 rings (SSSR count). The summed E-state index contributed by atoms with van der Waals surface area (Å²) in [7, 11) is 0. The largest absolute Gasteiger partial charge is 0.377 e. The first-order chi connectivity index (χ1) is 14.7. The van der Waals surface area contributed by atoms with Gasteiger partial charge in [0.1, 0.15) is 0 Å². The summed E-state index contributed by atoms with van der Waals surface area (Å²) < 4.78 is 12.3. The second kappa shape index (κ2) is 18.8. The zero-order valence-electron chi connectivity index (χ0n) is 20.4. The zero-order valence-corrected chi connectivity index (χ0v) is 20.4. The minimum atomic E-state index is 0.318. The minimum absolute atomic E-state index is 0.318. The smallest absolute Gasteiger partial charge is 0.0702 e. The van der Waals surface area contributed by atoms with E-state index in [9.17, 15) is 0 Å². The fraction of sp³-hybridized carbons (Fsp3) is 0.778. The highest BCUT2D eigenvalue weighted by Crippen LogP contribution is 2.16. The minimum Gasteiger partial charge on any atom is -0.377 e. The highest BCUT2D eigenvalue weighted by molar-refractivity contribution is 5.14. The maximum atomic E-state index is 6.16. The van der Waals surface area contributed by atoms with Crippen molar-refractivity contribution in [2.75, 3.05) is 26.3 Å². The Labute approximate surface area is 187 Å². The number of unbranched alkanes of at least 4 members (excludes halogenated alkanes) is 6. The number of benzene rings is 1. The Morgan fingerprint density at radius 2 is 1.17 bits per heavy atom. The van der Waals surface area contributed by atoms with Crippen molar-refractivity contribution in [2.45, 2.75) is 111 Å². The van der Waals surface area contributed by atoms with Crippen LogP contribution in [-0.4, -0.2) is 43.4 Å². The molecule has 30 heavy (non-hydrogen) atoms. The Hall–Kier alpha value is -0.900. The first-order valence-electron chi connectivity index (χ1n) is 12.7. The lowest BCUT2D eigenvalue weighted by molar-refractivity contribution is -0.00842. The van der Waals surface area contributed by atoms with Gasteiger partial charge in [-0.05, 0) is 32.3 Å². The molecule has 0 amide bonds. The Morgan fingerprint density at radius 1 is 0.667 bits per heavy atom. The molecule has 0 radical (unpaired) electrons. The molecule has 0 heterocycles. The molecule has 2 unspecified atom stereocenters. The summed E-state index contributed by atoms with van der Waals surface area (Å²) in [6.07, 6.45) is 13.4. The number of hydrogen-bond donors (Lipinski definition) is 0. The molecule has 3 heteroatoms. The predicted molar refractivity (Wildman–Crippen MR) is 130 cm³/mol. The van der Waals surface area contributed by atoms with Crippen molar-refractivity contribution in [2.24, 2.45) is 0 Å². The quantitative estimate of drug-likeness (QED) is 0.208. The molecule has 0 aliphatic rings. The molecule has 2 atom stereocenters. The lowest BCUT2D eigenvalue weighted by atomic mass is 10.1. The summed E-state index contributed by atoms with van der Waals surface area (Å²) in [5.41, 5.74) is 1.37. The molecule has 0 aliphatic carbocycles. The van der Waals surface area contributed by atoms with E-state index >= 15 is 0 Å². The van der Waals surface area contributed by atoms with Crippen LogP contribution in [0.5, 0.6) is 0 Å². The van der Waals surface area contributed by atoms with Gasteiger partial charge in [-0.15, -0.1) is 0 Å². The van der Waals surface area contributed by atoms with E-state index in [2.05, 4.69) is 62.9 Å². The van der Waals surface area contributed by atoms with E-state index < -0.39 is 0 Å². The van der Waals surface area contributed by atoms with Crippen LogP contribution in [0.1, 0.15) is 97.5 Å². The molecule has 0 saturated heterocycles. The molecule has 174 valence electrons. The molecular weight excluding hydrogens is 370 g/mol. The van der Waals surface area contributed by atoms with Gasteiger partial charge in [-0.1, -0.05) is 95.5 Å². The van der Waals surface area contributed by atoms with Gasteiger partial charge >= 0.3 is 0 Å².